The Morgan fingerprint density at radius 2 is 1.82 bits per heavy atom. The van der Waals surface area contributed by atoms with E-state index in [4.69, 9.17) is 4.74 Å². The number of anilines is 2. The molecule has 17 heavy (non-hydrogen) atoms. The largest absolute Gasteiger partial charge is 0.495 e. The van der Waals surface area contributed by atoms with Crippen molar-refractivity contribution in [3.8, 4) is 5.75 Å². The van der Waals surface area contributed by atoms with Gasteiger partial charge in [-0.25, -0.2) is 0 Å². The fourth-order valence-corrected chi connectivity index (χ4v) is 2.12. The van der Waals surface area contributed by atoms with E-state index in [0.29, 0.717) is 0 Å². The van der Waals surface area contributed by atoms with Crippen molar-refractivity contribution in [2.45, 2.75) is 0 Å². The van der Waals surface area contributed by atoms with E-state index >= 15 is 0 Å². The molecule has 0 bridgehead atoms. The fraction of sp³-hybridized carbons (Fsp3) is 0.143. The van der Waals surface area contributed by atoms with Crippen LogP contribution in [-0.2, 0) is 0 Å². The first-order chi connectivity index (χ1) is 8.22. The topological polar surface area (TPSA) is 12.5 Å². The Kier molecular flexibility index (Phi) is 3.69. The molecule has 0 saturated carbocycles. The van der Waals surface area contributed by atoms with Crippen molar-refractivity contribution in [2.24, 2.45) is 0 Å². The molecule has 0 fully saturated rings. The predicted octanol–water partition coefficient (Wildman–Crippen LogP) is 4.23. The number of methoxy groups -OCH3 is 1. The van der Waals surface area contributed by atoms with Crippen LogP contribution in [-0.4, -0.2) is 14.2 Å². The smallest absolute Gasteiger partial charge is 0.142 e. The Balaban J connectivity index is 2.40. The molecule has 0 aliphatic heterocycles. The SMILES string of the molecule is COc1ccccc1N(C)c1cccc(Br)c1. The lowest BCUT2D eigenvalue weighted by molar-refractivity contribution is 0.415. The molecule has 0 heterocycles. The zero-order chi connectivity index (χ0) is 12.3. The first-order valence-corrected chi connectivity index (χ1v) is 6.14. The summed E-state index contributed by atoms with van der Waals surface area (Å²) < 4.78 is 6.43. The summed E-state index contributed by atoms with van der Waals surface area (Å²) in [6.07, 6.45) is 0. The third-order valence-electron chi connectivity index (χ3n) is 2.64. The van der Waals surface area contributed by atoms with Gasteiger partial charge in [-0.2, -0.15) is 0 Å². The highest BCUT2D eigenvalue weighted by Crippen LogP contribution is 2.32. The molecule has 0 amide bonds. The van der Waals surface area contributed by atoms with Gasteiger partial charge in [-0.1, -0.05) is 34.1 Å². The number of nitrogens with zero attached hydrogens (tertiary/aromatic N) is 1. The fourth-order valence-electron chi connectivity index (χ4n) is 1.73. The number of rotatable bonds is 3. The van der Waals surface area contributed by atoms with Crippen LogP contribution in [0.2, 0.25) is 0 Å². The molecule has 3 heteroatoms. The predicted molar refractivity (Wildman–Crippen MR) is 75.2 cm³/mol. The highest BCUT2D eigenvalue weighted by Gasteiger charge is 2.08. The molecular formula is C14H14BrNO. The number of hydrogen-bond acceptors (Lipinski definition) is 2. The first-order valence-electron chi connectivity index (χ1n) is 5.34. The number of ether oxygens (including phenoxy) is 1. The molecule has 0 saturated heterocycles. The average Bonchev–Trinajstić information content (AvgIpc) is 2.38. The lowest BCUT2D eigenvalue weighted by Gasteiger charge is -2.21. The third-order valence-corrected chi connectivity index (χ3v) is 3.14. The lowest BCUT2D eigenvalue weighted by Crippen LogP contribution is -2.10. The quantitative estimate of drug-likeness (QED) is 0.839. The van der Waals surface area contributed by atoms with Gasteiger partial charge in [0, 0.05) is 17.2 Å². The van der Waals surface area contributed by atoms with E-state index in [2.05, 4.69) is 33.0 Å². The van der Waals surface area contributed by atoms with Crippen LogP contribution in [0.15, 0.2) is 53.0 Å². The van der Waals surface area contributed by atoms with Crippen LogP contribution in [0.25, 0.3) is 0 Å². The van der Waals surface area contributed by atoms with Crippen LogP contribution in [0.3, 0.4) is 0 Å². The van der Waals surface area contributed by atoms with E-state index < -0.39 is 0 Å². The summed E-state index contributed by atoms with van der Waals surface area (Å²) in [7, 11) is 3.72. The van der Waals surface area contributed by atoms with E-state index in [0.717, 1.165) is 21.6 Å². The van der Waals surface area contributed by atoms with Crippen molar-refractivity contribution >= 4 is 27.3 Å². The molecule has 0 radical (unpaired) electrons. The van der Waals surface area contributed by atoms with Gasteiger partial charge in [-0.15, -0.1) is 0 Å². The van der Waals surface area contributed by atoms with Gasteiger partial charge in [0.05, 0.1) is 12.8 Å². The van der Waals surface area contributed by atoms with Crippen molar-refractivity contribution in [1.29, 1.82) is 0 Å². The summed E-state index contributed by atoms with van der Waals surface area (Å²) in [6.45, 7) is 0. The van der Waals surface area contributed by atoms with Crippen molar-refractivity contribution in [2.75, 3.05) is 19.1 Å². The highest BCUT2D eigenvalue weighted by molar-refractivity contribution is 9.10. The number of halogens is 1. The zero-order valence-corrected chi connectivity index (χ0v) is 11.4. The normalized spacial score (nSPS) is 10.1. The van der Waals surface area contributed by atoms with Crippen LogP contribution in [0.5, 0.6) is 5.75 Å². The van der Waals surface area contributed by atoms with Gasteiger partial charge in [0.15, 0.2) is 0 Å². The second-order valence-electron chi connectivity index (χ2n) is 3.71. The third kappa shape index (κ3) is 2.61. The van der Waals surface area contributed by atoms with E-state index in [1.165, 1.54) is 0 Å². The summed E-state index contributed by atoms with van der Waals surface area (Å²) in [4.78, 5) is 2.10. The number of para-hydroxylation sites is 2. The van der Waals surface area contributed by atoms with Gasteiger partial charge in [0.25, 0.3) is 0 Å². The highest BCUT2D eigenvalue weighted by atomic mass is 79.9. The Bertz CT molecular complexity index is 513. The van der Waals surface area contributed by atoms with Crippen molar-refractivity contribution in [3.63, 3.8) is 0 Å². The molecule has 0 N–H and O–H groups in total. The maximum Gasteiger partial charge on any atom is 0.142 e. The summed E-state index contributed by atoms with van der Waals surface area (Å²) in [5, 5.41) is 0. The second-order valence-corrected chi connectivity index (χ2v) is 4.63. The molecular weight excluding hydrogens is 278 g/mol. The van der Waals surface area contributed by atoms with Crippen LogP contribution < -0.4 is 9.64 Å². The van der Waals surface area contributed by atoms with E-state index in [1.807, 2.05) is 43.4 Å². The lowest BCUT2D eigenvalue weighted by atomic mass is 10.2. The maximum absolute atomic E-state index is 5.36. The zero-order valence-electron chi connectivity index (χ0n) is 9.85. The molecule has 0 spiro atoms. The summed E-state index contributed by atoms with van der Waals surface area (Å²) in [6, 6.07) is 16.2. The van der Waals surface area contributed by atoms with Gasteiger partial charge < -0.3 is 9.64 Å². The van der Waals surface area contributed by atoms with Gasteiger partial charge in [-0.05, 0) is 30.3 Å². The van der Waals surface area contributed by atoms with Gasteiger partial charge >= 0.3 is 0 Å². The second kappa shape index (κ2) is 5.23. The van der Waals surface area contributed by atoms with E-state index in [9.17, 15) is 0 Å². The minimum Gasteiger partial charge on any atom is -0.495 e. The molecule has 2 aromatic carbocycles. The van der Waals surface area contributed by atoms with E-state index in [1.54, 1.807) is 7.11 Å². The molecule has 2 nitrogen and oxygen atoms in total. The van der Waals surface area contributed by atoms with Crippen LogP contribution in [0.1, 0.15) is 0 Å². The minimum atomic E-state index is 0.870. The van der Waals surface area contributed by atoms with Crippen LogP contribution in [0.4, 0.5) is 11.4 Å². The van der Waals surface area contributed by atoms with E-state index in [-0.39, 0.29) is 0 Å². The van der Waals surface area contributed by atoms with Crippen LogP contribution >= 0.6 is 15.9 Å². The molecule has 0 aromatic heterocycles. The van der Waals surface area contributed by atoms with Crippen molar-refractivity contribution in [3.05, 3.63) is 53.0 Å². The van der Waals surface area contributed by atoms with Crippen molar-refractivity contribution in [1.82, 2.24) is 0 Å². The first kappa shape index (κ1) is 12.0. The van der Waals surface area contributed by atoms with Crippen molar-refractivity contribution < 1.29 is 4.74 Å². The van der Waals surface area contributed by atoms with Gasteiger partial charge in [0.1, 0.15) is 5.75 Å². The maximum atomic E-state index is 5.36. The minimum absolute atomic E-state index is 0.870. The Labute approximate surface area is 110 Å². The average molecular weight is 292 g/mol. The molecule has 88 valence electrons. The molecule has 0 aliphatic rings. The molecule has 2 rings (SSSR count). The molecule has 0 aliphatic carbocycles. The van der Waals surface area contributed by atoms with Gasteiger partial charge in [-0.3, -0.25) is 0 Å². The monoisotopic (exact) mass is 291 g/mol. The summed E-state index contributed by atoms with van der Waals surface area (Å²) >= 11 is 3.48. The summed E-state index contributed by atoms with van der Waals surface area (Å²) in [5.41, 5.74) is 2.16. The van der Waals surface area contributed by atoms with Crippen LogP contribution in [0, 0.1) is 0 Å². The molecule has 0 unspecified atom stereocenters. The Morgan fingerprint density at radius 3 is 2.53 bits per heavy atom. The Hall–Kier alpha value is -1.48. The standard InChI is InChI=1S/C14H14BrNO/c1-16(12-7-5-6-11(15)10-12)13-8-3-4-9-14(13)17-2/h3-10H,1-2H3. The number of hydrogen-bond donors (Lipinski definition) is 0. The molecule has 2 aromatic rings. The number of benzene rings is 2. The van der Waals surface area contributed by atoms with Gasteiger partial charge in [0.2, 0.25) is 0 Å². The molecule has 0 atom stereocenters. The summed E-state index contributed by atoms with van der Waals surface area (Å²) in [5.74, 6) is 0.870. The Morgan fingerprint density at radius 1 is 1.06 bits per heavy atom.